The maximum absolute atomic E-state index is 12.8. The molecule has 108 valence electrons. The molecule has 3 rings (SSSR count). The van der Waals surface area contributed by atoms with Gasteiger partial charge in [0.15, 0.2) is 0 Å². The Morgan fingerprint density at radius 3 is 2.50 bits per heavy atom. The predicted octanol–water partition coefficient (Wildman–Crippen LogP) is 4.45. The number of halogens is 3. The van der Waals surface area contributed by atoms with E-state index in [1.54, 1.807) is 0 Å². The largest absolute Gasteiger partial charge is 0.416 e. The number of benzene rings is 1. The molecule has 1 aliphatic heterocycles. The van der Waals surface area contributed by atoms with E-state index in [2.05, 4.69) is 5.32 Å². The van der Waals surface area contributed by atoms with Gasteiger partial charge in [-0.05, 0) is 31.0 Å². The molecule has 1 aromatic rings. The molecule has 2 aliphatic rings. The smallest absolute Gasteiger partial charge is 0.324 e. The highest BCUT2D eigenvalue weighted by Gasteiger charge is 2.44. The fourth-order valence-corrected chi connectivity index (χ4v) is 4.30. The van der Waals surface area contributed by atoms with Crippen molar-refractivity contribution in [3.63, 3.8) is 0 Å². The van der Waals surface area contributed by atoms with Crippen molar-refractivity contribution in [1.82, 2.24) is 0 Å². The fraction of sp³-hybridized carbons (Fsp3) is 0.500. The normalized spacial score (nSPS) is 21.4. The SMILES string of the molecule is O=C1Nc2ccc(C(F)(F)F)cc2SC12CCCCC2. The van der Waals surface area contributed by atoms with Crippen LogP contribution in [0.3, 0.4) is 0 Å². The second-order valence-electron chi connectivity index (χ2n) is 5.32. The van der Waals surface area contributed by atoms with Gasteiger partial charge in [0.2, 0.25) is 5.91 Å². The Morgan fingerprint density at radius 2 is 1.85 bits per heavy atom. The van der Waals surface area contributed by atoms with E-state index in [0.717, 1.165) is 44.2 Å². The Morgan fingerprint density at radius 1 is 1.15 bits per heavy atom. The van der Waals surface area contributed by atoms with Crippen LogP contribution in [0, 0.1) is 0 Å². The summed E-state index contributed by atoms with van der Waals surface area (Å²) in [4.78, 5) is 12.8. The lowest BCUT2D eigenvalue weighted by Gasteiger charge is -2.39. The monoisotopic (exact) mass is 301 g/mol. The number of carbonyl (C=O) groups is 1. The first-order valence-electron chi connectivity index (χ1n) is 6.62. The Kier molecular flexibility index (Phi) is 3.23. The number of hydrogen-bond acceptors (Lipinski definition) is 2. The summed E-state index contributed by atoms with van der Waals surface area (Å²) < 4.78 is 37.7. The lowest BCUT2D eigenvalue weighted by atomic mass is 9.87. The molecule has 1 fully saturated rings. The van der Waals surface area contributed by atoms with Gasteiger partial charge in [0.05, 0.1) is 16.0 Å². The van der Waals surface area contributed by atoms with Crippen LogP contribution in [-0.2, 0) is 11.0 Å². The van der Waals surface area contributed by atoms with Gasteiger partial charge in [-0.15, -0.1) is 11.8 Å². The van der Waals surface area contributed by atoms with E-state index in [-0.39, 0.29) is 5.91 Å². The molecule has 0 aromatic heterocycles. The molecular weight excluding hydrogens is 287 g/mol. The van der Waals surface area contributed by atoms with Gasteiger partial charge in [0.1, 0.15) is 0 Å². The van der Waals surface area contributed by atoms with Crippen LogP contribution in [0.25, 0.3) is 0 Å². The maximum atomic E-state index is 12.8. The van der Waals surface area contributed by atoms with Crippen LogP contribution < -0.4 is 5.32 Å². The molecule has 1 saturated carbocycles. The van der Waals surface area contributed by atoms with Gasteiger partial charge in [-0.2, -0.15) is 13.2 Å². The number of carbonyl (C=O) groups excluding carboxylic acids is 1. The van der Waals surface area contributed by atoms with Crippen molar-refractivity contribution in [2.75, 3.05) is 5.32 Å². The summed E-state index contributed by atoms with van der Waals surface area (Å²) in [6, 6.07) is 3.51. The van der Waals surface area contributed by atoms with E-state index in [1.807, 2.05) is 0 Å². The molecule has 0 atom stereocenters. The molecule has 0 radical (unpaired) electrons. The van der Waals surface area contributed by atoms with Crippen LogP contribution in [0.2, 0.25) is 0 Å². The van der Waals surface area contributed by atoms with Crippen LogP contribution >= 0.6 is 11.8 Å². The first-order chi connectivity index (χ1) is 9.41. The van der Waals surface area contributed by atoms with E-state index in [4.69, 9.17) is 0 Å². The molecule has 20 heavy (non-hydrogen) atoms. The highest BCUT2D eigenvalue weighted by Crippen LogP contribution is 2.50. The van der Waals surface area contributed by atoms with Crippen molar-refractivity contribution in [1.29, 1.82) is 0 Å². The lowest BCUT2D eigenvalue weighted by Crippen LogP contribution is -2.44. The molecule has 1 amide bonds. The van der Waals surface area contributed by atoms with Crippen molar-refractivity contribution in [3.8, 4) is 0 Å². The number of amides is 1. The quantitative estimate of drug-likeness (QED) is 0.767. The van der Waals surface area contributed by atoms with E-state index in [0.29, 0.717) is 10.6 Å². The number of nitrogens with one attached hydrogen (secondary N) is 1. The zero-order valence-corrected chi connectivity index (χ0v) is 11.5. The average Bonchev–Trinajstić information content (AvgIpc) is 2.39. The summed E-state index contributed by atoms with van der Waals surface area (Å²) in [7, 11) is 0. The van der Waals surface area contributed by atoms with Crippen LogP contribution in [0.4, 0.5) is 18.9 Å². The highest BCUT2D eigenvalue weighted by molar-refractivity contribution is 8.01. The van der Waals surface area contributed by atoms with E-state index in [9.17, 15) is 18.0 Å². The van der Waals surface area contributed by atoms with E-state index < -0.39 is 16.5 Å². The molecule has 6 heteroatoms. The van der Waals surface area contributed by atoms with Crippen molar-refractivity contribution < 1.29 is 18.0 Å². The molecule has 2 nitrogen and oxygen atoms in total. The number of anilines is 1. The first kappa shape index (κ1) is 13.8. The summed E-state index contributed by atoms with van der Waals surface area (Å²) in [6.07, 6.45) is 0.115. The van der Waals surface area contributed by atoms with Crippen LogP contribution in [0.5, 0.6) is 0 Å². The van der Waals surface area contributed by atoms with Crippen LogP contribution in [0.1, 0.15) is 37.7 Å². The molecule has 1 aliphatic carbocycles. The predicted molar refractivity (Wildman–Crippen MR) is 71.7 cm³/mol. The third kappa shape index (κ3) is 2.30. The van der Waals surface area contributed by atoms with Crippen LogP contribution in [0.15, 0.2) is 23.1 Å². The van der Waals surface area contributed by atoms with Crippen molar-refractivity contribution in [3.05, 3.63) is 23.8 Å². The standard InChI is InChI=1S/C14H14F3NOS/c15-14(16,17)9-4-5-10-11(8-9)20-13(12(19)18-10)6-2-1-3-7-13/h4-5,8H,1-3,6-7H2,(H,18,19). The summed E-state index contributed by atoms with van der Waals surface area (Å²) in [5.74, 6) is -0.0607. The topological polar surface area (TPSA) is 29.1 Å². The first-order valence-corrected chi connectivity index (χ1v) is 7.44. The molecule has 0 unspecified atom stereocenters. The number of hydrogen-bond donors (Lipinski definition) is 1. The third-order valence-electron chi connectivity index (χ3n) is 3.94. The van der Waals surface area contributed by atoms with Crippen molar-refractivity contribution in [2.45, 2.75) is 47.9 Å². The molecule has 1 heterocycles. The maximum Gasteiger partial charge on any atom is 0.416 e. The van der Waals surface area contributed by atoms with Gasteiger partial charge in [0.25, 0.3) is 0 Å². The minimum atomic E-state index is -4.35. The zero-order chi connectivity index (χ0) is 14.4. The van der Waals surface area contributed by atoms with Crippen molar-refractivity contribution in [2.24, 2.45) is 0 Å². The van der Waals surface area contributed by atoms with Gasteiger partial charge in [-0.1, -0.05) is 19.3 Å². The van der Waals surface area contributed by atoms with Crippen LogP contribution in [-0.4, -0.2) is 10.7 Å². The van der Waals surface area contributed by atoms with E-state index in [1.165, 1.54) is 17.8 Å². The minimum absolute atomic E-state index is 0.0607. The second-order valence-corrected chi connectivity index (χ2v) is 6.75. The molecule has 1 spiro atoms. The molecule has 0 saturated heterocycles. The molecular formula is C14H14F3NOS. The Hall–Kier alpha value is -1.17. The summed E-state index contributed by atoms with van der Waals surface area (Å²) >= 11 is 1.31. The fourth-order valence-electron chi connectivity index (χ4n) is 2.83. The van der Waals surface area contributed by atoms with Gasteiger partial charge in [-0.3, -0.25) is 4.79 Å². The van der Waals surface area contributed by atoms with Gasteiger partial charge < -0.3 is 5.32 Å². The highest BCUT2D eigenvalue weighted by atomic mass is 32.2. The number of alkyl halides is 3. The number of fused-ring (bicyclic) bond motifs is 1. The number of thioether (sulfide) groups is 1. The summed E-state index contributed by atoms with van der Waals surface area (Å²) in [6.45, 7) is 0. The lowest BCUT2D eigenvalue weighted by molar-refractivity contribution is -0.137. The summed E-state index contributed by atoms with van der Waals surface area (Å²) in [5.41, 5.74) is -0.171. The Bertz CT molecular complexity index is 550. The zero-order valence-electron chi connectivity index (χ0n) is 10.7. The molecule has 1 N–H and O–H groups in total. The Balaban J connectivity index is 1.97. The van der Waals surface area contributed by atoms with Gasteiger partial charge >= 0.3 is 6.18 Å². The molecule has 0 bridgehead atoms. The second kappa shape index (κ2) is 4.69. The average molecular weight is 301 g/mol. The van der Waals surface area contributed by atoms with E-state index >= 15 is 0 Å². The Labute approximate surface area is 119 Å². The number of rotatable bonds is 0. The summed E-state index contributed by atoms with van der Waals surface area (Å²) in [5, 5.41) is 2.77. The third-order valence-corrected chi connectivity index (χ3v) is 5.48. The molecule has 1 aromatic carbocycles. The van der Waals surface area contributed by atoms with Crippen molar-refractivity contribution >= 4 is 23.4 Å². The van der Waals surface area contributed by atoms with Gasteiger partial charge in [-0.25, -0.2) is 0 Å². The van der Waals surface area contributed by atoms with Gasteiger partial charge in [0, 0.05) is 4.90 Å². The minimum Gasteiger partial charge on any atom is -0.324 e.